The third-order valence-corrected chi connectivity index (χ3v) is 6.59. The first-order valence-electron chi connectivity index (χ1n) is 12.3. The highest BCUT2D eigenvalue weighted by atomic mass is 35.5. The minimum atomic E-state index is -0.565. The number of rotatable bonds is 11. The van der Waals surface area contributed by atoms with E-state index >= 15 is 0 Å². The Labute approximate surface area is 243 Å². The van der Waals surface area contributed by atoms with Crippen LogP contribution in [-0.4, -0.2) is 68.7 Å². The molecule has 3 aromatic rings. The molecule has 0 aliphatic carbocycles. The Kier molecular flexibility index (Phi) is 10.8. The molecule has 0 atom stereocenters. The molecular formula is C27H33Cl2N7O4. The minimum absolute atomic E-state index is 0.121. The lowest BCUT2D eigenvalue weighted by atomic mass is 10.1. The average Bonchev–Trinajstić information content (AvgIpc) is 2.91. The van der Waals surface area contributed by atoms with Gasteiger partial charge in [-0.05, 0) is 51.2 Å². The van der Waals surface area contributed by atoms with Gasteiger partial charge in [0.15, 0.2) is 0 Å². The summed E-state index contributed by atoms with van der Waals surface area (Å²) in [4.78, 5) is 36.9. The van der Waals surface area contributed by atoms with E-state index in [-0.39, 0.29) is 33.1 Å². The second kappa shape index (κ2) is 14.0. The van der Waals surface area contributed by atoms with E-state index in [9.17, 15) is 9.59 Å². The molecule has 3 N–H and O–H groups in total. The molecule has 11 nitrogen and oxygen atoms in total. The third kappa shape index (κ3) is 7.87. The maximum absolute atomic E-state index is 13.1. The van der Waals surface area contributed by atoms with Gasteiger partial charge in [-0.2, -0.15) is 0 Å². The first-order chi connectivity index (χ1) is 19.0. The smallest absolute Gasteiger partial charge is 0.327 e. The summed E-state index contributed by atoms with van der Waals surface area (Å²) in [5.74, 6) is 1.08. The van der Waals surface area contributed by atoms with Crippen LogP contribution in [0.4, 0.5) is 33.5 Å². The molecule has 214 valence electrons. The van der Waals surface area contributed by atoms with Crippen molar-refractivity contribution in [2.75, 3.05) is 62.8 Å². The minimum Gasteiger partial charge on any atom is -0.495 e. The standard InChI is InChI=1S/C27H33Cl2N7O4/c1-16(37)32-19-12-17(8-7-11-35(2)3)9-10-18(19)33-22-14-23(31-15-30-22)36(4)27(38)34-26-24(28)20(39-5)13-21(40-6)25(26)29/h9-10,12-15H,7-8,11H2,1-6H3,(H,32,37)(H,34,38)(H,30,31,33). The highest BCUT2D eigenvalue weighted by Gasteiger charge is 2.22. The summed E-state index contributed by atoms with van der Waals surface area (Å²) in [6, 6.07) is 8.38. The number of ether oxygens (including phenoxy) is 2. The van der Waals surface area contributed by atoms with Crippen molar-refractivity contribution in [3.63, 3.8) is 0 Å². The number of hydrogen-bond donors (Lipinski definition) is 3. The number of carbonyl (C=O) groups excluding carboxylic acids is 2. The van der Waals surface area contributed by atoms with Crippen molar-refractivity contribution in [2.24, 2.45) is 0 Å². The molecule has 0 radical (unpaired) electrons. The Hall–Kier alpha value is -3.80. The topological polar surface area (TPSA) is 121 Å². The van der Waals surface area contributed by atoms with Gasteiger partial charge in [-0.1, -0.05) is 29.3 Å². The van der Waals surface area contributed by atoms with Crippen LogP contribution >= 0.6 is 23.2 Å². The largest absolute Gasteiger partial charge is 0.495 e. The number of aryl methyl sites for hydroxylation is 1. The molecule has 0 bridgehead atoms. The van der Waals surface area contributed by atoms with E-state index in [0.717, 1.165) is 24.9 Å². The van der Waals surface area contributed by atoms with Crippen LogP contribution in [0.15, 0.2) is 36.7 Å². The second-order valence-corrected chi connectivity index (χ2v) is 9.88. The van der Waals surface area contributed by atoms with E-state index in [2.05, 4.69) is 30.8 Å². The molecule has 3 amide bonds. The number of amides is 3. The maximum atomic E-state index is 13.1. The normalized spacial score (nSPS) is 10.7. The summed E-state index contributed by atoms with van der Waals surface area (Å²) in [7, 11) is 8.49. The highest BCUT2D eigenvalue weighted by molar-refractivity contribution is 6.41. The fourth-order valence-corrected chi connectivity index (χ4v) is 4.37. The van der Waals surface area contributed by atoms with Crippen LogP contribution in [0.25, 0.3) is 0 Å². The number of halogens is 2. The Morgan fingerprint density at radius 1 is 0.925 bits per heavy atom. The molecule has 1 aromatic heterocycles. The summed E-state index contributed by atoms with van der Waals surface area (Å²) < 4.78 is 10.5. The number of carbonyl (C=O) groups is 2. The van der Waals surface area contributed by atoms with Gasteiger partial charge in [0.25, 0.3) is 0 Å². The first kappa shape index (κ1) is 30.7. The third-order valence-electron chi connectivity index (χ3n) is 5.83. The van der Waals surface area contributed by atoms with Gasteiger partial charge < -0.3 is 30.3 Å². The molecule has 0 spiro atoms. The van der Waals surface area contributed by atoms with Gasteiger partial charge in [-0.3, -0.25) is 9.69 Å². The van der Waals surface area contributed by atoms with Gasteiger partial charge >= 0.3 is 6.03 Å². The lowest BCUT2D eigenvalue weighted by molar-refractivity contribution is -0.114. The van der Waals surface area contributed by atoms with E-state index in [1.54, 1.807) is 6.07 Å². The maximum Gasteiger partial charge on any atom is 0.327 e. The fourth-order valence-electron chi connectivity index (χ4n) is 3.78. The van der Waals surface area contributed by atoms with Crippen molar-refractivity contribution in [3.8, 4) is 11.5 Å². The Bertz CT molecular complexity index is 1340. The van der Waals surface area contributed by atoms with Gasteiger partial charge in [0.2, 0.25) is 5.91 Å². The number of nitrogens with one attached hydrogen (secondary N) is 3. The molecular weight excluding hydrogens is 557 g/mol. The SMILES string of the molecule is COc1cc(OC)c(Cl)c(NC(=O)N(C)c2cc(Nc3ccc(CCCN(C)C)cc3NC(C)=O)ncn2)c1Cl. The summed E-state index contributed by atoms with van der Waals surface area (Å²) >= 11 is 12.8. The number of urea groups is 1. The molecule has 13 heteroatoms. The second-order valence-electron chi connectivity index (χ2n) is 9.13. The van der Waals surface area contributed by atoms with Crippen LogP contribution in [0.5, 0.6) is 11.5 Å². The number of hydrogen-bond acceptors (Lipinski definition) is 8. The van der Waals surface area contributed by atoms with E-state index in [4.69, 9.17) is 32.7 Å². The summed E-state index contributed by atoms with van der Waals surface area (Å²) in [5, 5.41) is 9.00. The van der Waals surface area contributed by atoms with Gasteiger partial charge in [0, 0.05) is 26.1 Å². The van der Waals surface area contributed by atoms with Crippen molar-refractivity contribution in [1.82, 2.24) is 14.9 Å². The van der Waals surface area contributed by atoms with Gasteiger partial charge in [0.1, 0.15) is 39.5 Å². The summed E-state index contributed by atoms with van der Waals surface area (Å²) in [6.07, 6.45) is 3.18. The average molecular weight is 591 g/mol. The predicted molar refractivity (Wildman–Crippen MR) is 160 cm³/mol. The molecule has 0 fully saturated rings. The lowest BCUT2D eigenvalue weighted by Crippen LogP contribution is -2.32. The zero-order valence-electron chi connectivity index (χ0n) is 23.3. The number of methoxy groups -OCH3 is 2. The Morgan fingerprint density at radius 3 is 2.20 bits per heavy atom. The molecule has 1 heterocycles. The molecule has 0 aliphatic rings. The van der Waals surface area contributed by atoms with Crippen molar-refractivity contribution in [3.05, 3.63) is 52.3 Å². The summed E-state index contributed by atoms with van der Waals surface area (Å²) in [6.45, 7) is 2.42. The van der Waals surface area contributed by atoms with Crippen LogP contribution in [0.3, 0.4) is 0 Å². The van der Waals surface area contributed by atoms with Gasteiger partial charge in [-0.15, -0.1) is 0 Å². The molecule has 0 aliphatic heterocycles. The van der Waals surface area contributed by atoms with Crippen LogP contribution in [-0.2, 0) is 11.2 Å². The molecule has 0 saturated heterocycles. The molecule has 40 heavy (non-hydrogen) atoms. The van der Waals surface area contributed by atoms with Gasteiger partial charge in [-0.25, -0.2) is 14.8 Å². The van der Waals surface area contributed by atoms with E-state index in [0.29, 0.717) is 23.0 Å². The first-order valence-corrected chi connectivity index (χ1v) is 13.1. The predicted octanol–water partition coefficient (Wildman–Crippen LogP) is 5.67. The number of nitrogens with zero attached hydrogens (tertiary/aromatic N) is 4. The quantitative estimate of drug-likeness (QED) is 0.262. The van der Waals surface area contributed by atoms with Crippen LogP contribution in [0, 0.1) is 0 Å². The molecule has 2 aromatic carbocycles. The molecule has 0 saturated carbocycles. The highest BCUT2D eigenvalue weighted by Crippen LogP contribution is 2.44. The molecule has 0 unspecified atom stereocenters. The van der Waals surface area contributed by atoms with Crippen LogP contribution in [0.1, 0.15) is 18.9 Å². The Morgan fingerprint density at radius 2 is 1.60 bits per heavy atom. The zero-order valence-corrected chi connectivity index (χ0v) is 24.8. The van der Waals surface area contributed by atoms with Crippen molar-refractivity contribution >= 4 is 63.8 Å². The monoisotopic (exact) mass is 589 g/mol. The van der Waals surface area contributed by atoms with E-state index in [1.807, 2.05) is 32.3 Å². The number of aromatic nitrogens is 2. The fraction of sp³-hybridized carbons (Fsp3) is 0.333. The summed E-state index contributed by atoms with van der Waals surface area (Å²) in [5.41, 5.74) is 2.50. The number of benzene rings is 2. The lowest BCUT2D eigenvalue weighted by Gasteiger charge is -2.20. The number of anilines is 5. The van der Waals surface area contributed by atoms with Crippen LogP contribution in [0.2, 0.25) is 10.0 Å². The van der Waals surface area contributed by atoms with E-state index < -0.39 is 6.03 Å². The van der Waals surface area contributed by atoms with Crippen molar-refractivity contribution < 1.29 is 19.1 Å². The van der Waals surface area contributed by atoms with E-state index in [1.165, 1.54) is 45.5 Å². The Balaban J connectivity index is 1.81. The van der Waals surface area contributed by atoms with Crippen LogP contribution < -0.4 is 30.3 Å². The van der Waals surface area contributed by atoms with Crippen molar-refractivity contribution in [2.45, 2.75) is 19.8 Å². The van der Waals surface area contributed by atoms with Gasteiger partial charge in [0.05, 0.1) is 31.3 Å². The molecule has 3 rings (SSSR count). The zero-order chi connectivity index (χ0) is 29.4. The van der Waals surface area contributed by atoms with Crippen molar-refractivity contribution in [1.29, 1.82) is 0 Å².